The number of Topliss-reactive ketones (excluding diaryl/α,β-unsaturated/α-hetero) is 2. The Morgan fingerprint density at radius 1 is 0.737 bits per heavy atom. The summed E-state index contributed by atoms with van der Waals surface area (Å²) in [6.07, 6.45) is -0.303. The molecular weight excluding hydrogens is 276 g/mol. The van der Waals surface area contributed by atoms with Crippen LogP contribution < -0.4 is 11.5 Å². The quantitative estimate of drug-likeness (QED) is 0.498. The Hall–Kier alpha value is -1.45. The zero-order chi connectivity index (χ0) is 14.7. The first kappa shape index (κ1) is 17.6. The molecule has 4 N–H and O–H groups in total. The van der Waals surface area contributed by atoms with Gasteiger partial charge in [-0.2, -0.15) is 0 Å². The van der Waals surface area contributed by atoms with Crippen molar-refractivity contribution in [3.8, 4) is 0 Å². The molecule has 0 aliphatic heterocycles. The number of ketones is 2. The van der Waals surface area contributed by atoms with E-state index in [0.717, 1.165) is 0 Å². The lowest BCUT2D eigenvalue weighted by atomic mass is 10.2. The van der Waals surface area contributed by atoms with Gasteiger partial charge < -0.3 is 19.8 Å². The monoisotopic (exact) mass is 292 g/mol. The van der Waals surface area contributed by atoms with Gasteiger partial charge in [-0.15, -0.1) is 0 Å². The summed E-state index contributed by atoms with van der Waals surface area (Å²) in [5.41, 5.74) is 10.1. The highest BCUT2D eigenvalue weighted by Gasteiger charge is 2.11. The number of nitrogens with two attached hydrogens (primary N) is 2. The number of hydrogen-bond acceptors (Lipinski definition) is 9. The van der Waals surface area contributed by atoms with Crippen molar-refractivity contribution in [1.82, 2.24) is 0 Å². The SMILES string of the molecule is NCC(=O)CCC(=O)OSOC(=O)CCC(=O)CN. The fraction of sp³-hybridized carbons (Fsp3) is 0.600. The molecule has 0 aromatic carbocycles. The average Bonchev–Trinajstić information content (AvgIpc) is 2.41. The van der Waals surface area contributed by atoms with Crippen LogP contribution in [0.5, 0.6) is 0 Å². The summed E-state index contributed by atoms with van der Waals surface area (Å²) in [5, 5.41) is 0. The molecule has 0 saturated heterocycles. The standard InChI is InChI=1S/C10H16N2O6S/c11-5-7(13)1-3-9(15)17-19-18-10(16)4-2-8(14)6-12/h1-6,11-12H2. The van der Waals surface area contributed by atoms with Gasteiger partial charge in [0.15, 0.2) is 0 Å². The second kappa shape index (κ2) is 10.5. The van der Waals surface area contributed by atoms with Gasteiger partial charge in [0.2, 0.25) is 0 Å². The van der Waals surface area contributed by atoms with E-state index in [0.29, 0.717) is 0 Å². The van der Waals surface area contributed by atoms with Crippen LogP contribution in [0.2, 0.25) is 0 Å². The maximum absolute atomic E-state index is 11.1. The second-order valence-electron chi connectivity index (χ2n) is 3.46. The van der Waals surface area contributed by atoms with Crippen LogP contribution in [0.3, 0.4) is 0 Å². The summed E-state index contributed by atoms with van der Waals surface area (Å²) < 4.78 is 8.95. The Morgan fingerprint density at radius 3 is 1.42 bits per heavy atom. The summed E-state index contributed by atoms with van der Waals surface area (Å²) in [6, 6.07) is 0. The van der Waals surface area contributed by atoms with E-state index in [-0.39, 0.29) is 62.7 Å². The summed E-state index contributed by atoms with van der Waals surface area (Å²) >= 11 is 0.204. The summed E-state index contributed by atoms with van der Waals surface area (Å²) in [6.45, 7) is -0.269. The molecule has 0 amide bonds. The molecule has 19 heavy (non-hydrogen) atoms. The predicted molar refractivity (Wildman–Crippen MR) is 66.4 cm³/mol. The molecular formula is C10H16N2O6S. The third-order valence-corrected chi connectivity index (χ3v) is 2.43. The van der Waals surface area contributed by atoms with Crippen LogP contribution >= 0.6 is 12.3 Å². The first-order chi connectivity index (χ1) is 8.99. The van der Waals surface area contributed by atoms with Crippen LogP contribution in [0.15, 0.2) is 0 Å². The molecule has 0 aliphatic rings. The molecule has 0 spiro atoms. The average molecular weight is 292 g/mol. The van der Waals surface area contributed by atoms with Crippen molar-refractivity contribution in [2.45, 2.75) is 25.7 Å². The minimum atomic E-state index is -0.697. The molecule has 0 fully saturated rings. The lowest BCUT2D eigenvalue weighted by Gasteiger charge is -2.02. The molecule has 0 heterocycles. The van der Waals surface area contributed by atoms with Crippen LogP contribution in [-0.2, 0) is 27.5 Å². The highest BCUT2D eigenvalue weighted by Crippen LogP contribution is 2.10. The maximum Gasteiger partial charge on any atom is 0.321 e. The Balaban J connectivity index is 3.61. The molecule has 8 nitrogen and oxygen atoms in total. The number of carbonyl (C=O) groups is 4. The van der Waals surface area contributed by atoms with E-state index >= 15 is 0 Å². The Bertz CT molecular complexity index is 315. The van der Waals surface area contributed by atoms with Crippen molar-refractivity contribution in [3.05, 3.63) is 0 Å². The lowest BCUT2D eigenvalue weighted by molar-refractivity contribution is -0.137. The minimum Gasteiger partial charge on any atom is -0.355 e. The van der Waals surface area contributed by atoms with Gasteiger partial charge in [0.25, 0.3) is 12.3 Å². The fourth-order valence-corrected chi connectivity index (χ4v) is 1.22. The Labute approximate surface area is 114 Å². The molecule has 9 heteroatoms. The van der Waals surface area contributed by atoms with Crippen molar-refractivity contribution in [1.29, 1.82) is 0 Å². The van der Waals surface area contributed by atoms with E-state index in [9.17, 15) is 19.2 Å². The van der Waals surface area contributed by atoms with E-state index in [2.05, 4.69) is 8.37 Å². The molecule has 0 radical (unpaired) electrons. The van der Waals surface area contributed by atoms with Crippen molar-refractivity contribution >= 4 is 35.8 Å². The lowest BCUT2D eigenvalue weighted by Crippen LogP contribution is -2.15. The Morgan fingerprint density at radius 2 is 1.11 bits per heavy atom. The van der Waals surface area contributed by atoms with Gasteiger partial charge in [0.1, 0.15) is 11.6 Å². The molecule has 0 rings (SSSR count). The molecule has 0 aromatic heterocycles. The van der Waals surface area contributed by atoms with Gasteiger partial charge >= 0.3 is 11.9 Å². The smallest absolute Gasteiger partial charge is 0.321 e. The number of carbonyl (C=O) groups excluding carboxylic acids is 4. The van der Waals surface area contributed by atoms with Crippen molar-refractivity contribution in [3.63, 3.8) is 0 Å². The summed E-state index contributed by atoms with van der Waals surface area (Å²) in [7, 11) is 0. The molecule has 0 aromatic rings. The summed E-state index contributed by atoms with van der Waals surface area (Å²) in [5.74, 6) is -1.92. The first-order valence-electron chi connectivity index (χ1n) is 5.50. The molecule has 0 saturated carbocycles. The van der Waals surface area contributed by atoms with Crippen molar-refractivity contribution < 1.29 is 27.5 Å². The van der Waals surface area contributed by atoms with Crippen LogP contribution in [0.25, 0.3) is 0 Å². The largest absolute Gasteiger partial charge is 0.355 e. The van der Waals surface area contributed by atoms with Gasteiger partial charge in [0, 0.05) is 12.8 Å². The highest BCUT2D eigenvalue weighted by molar-refractivity contribution is 7.90. The minimum absolute atomic E-state index is 0.0190. The van der Waals surface area contributed by atoms with E-state index < -0.39 is 11.9 Å². The van der Waals surface area contributed by atoms with E-state index in [1.54, 1.807) is 0 Å². The summed E-state index contributed by atoms with van der Waals surface area (Å²) in [4.78, 5) is 43.7. The van der Waals surface area contributed by atoms with Crippen molar-refractivity contribution in [2.24, 2.45) is 11.5 Å². The second-order valence-corrected chi connectivity index (χ2v) is 3.93. The van der Waals surface area contributed by atoms with Gasteiger partial charge in [-0.05, 0) is 0 Å². The van der Waals surface area contributed by atoms with E-state index in [1.807, 2.05) is 0 Å². The van der Waals surface area contributed by atoms with Gasteiger partial charge in [0.05, 0.1) is 25.9 Å². The van der Waals surface area contributed by atoms with Crippen molar-refractivity contribution in [2.75, 3.05) is 13.1 Å². The zero-order valence-electron chi connectivity index (χ0n) is 10.3. The number of rotatable bonds is 10. The third-order valence-electron chi connectivity index (χ3n) is 1.93. The van der Waals surface area contributed by atoms with Crippen LogP contribution in [0.1, 0.15) is 25.7 Å². The third kappa shape index (κ3) is 10.2. The van der Waals surface area contributed by atoms with Gasteiger partial charge in [-0.25, -0.2) is 0 Å². The molecule has 0 atom stereocenters. The molecule has 0 bridgehead atoms. The topological polar surface area (TPSA) is 139 Å². The fourth-order valence-electron chi connectivity index (χ4n) is 0.863. The van der Waals surface area contributed by atoms with Gasteiger partial charge in [-0.1, -0.05) is 0 Å². The molecule has 0 aliphatic carbocycles. The predicted octanol–water partition coefficient (Wildman–Crippen LogP) is -0.748. The first-order valence-corrected chi connectivity index (χ1v) is 6.16. The number of hydrogen-bond donors (Lipinski definition) is 2. The van der Waals surface area contributed by atoms with E-state index in [1.165, 1.54) is 0 Å². The maximum atomic E-state index is 11.1. The molecule has 108 valence electrons. The Kier molecular flexibility index (Phi) is 9.67. The molecule has 0 unspecified atom stereocenters. The van der Waals surface area contributed by atoms with E-state index in [4.69, 9.17) is 11.5 Å². The van der Waals surface area contributed by atoms with Crippen LogP contribution in [0, 0.1) is 0 Å². The van der Waals surface area contributed by atoms with Gasteiger partial charge in [-0.3, -0.25) is 19.2 Å². The van der Waals surface area contributed by atoms with Crippen LogP contribution in [-0.4, -0.2) is 36.6 Å². The van der Waals surface area contributed by atoms with Crippen LogP contribution in [0.4, 0.5) is 0 Å². The normalized spacial score (nSPS) is 9.79. The highest BCUT2D eigenvalue weighted by atomic mass is 32.2. The zero-order valence-corrected chi connectivity index (χ0v) is 11.1.